The molecule has 0 aliphatic rings. The van der Waals surface area contributed by atoms with Gasteiger partial charge in [-0.05, 0) is 6.92 Å². The molecule has 11 heavy (non-hydrogen) atoms. The predicted octanol–water partition coefficient (Wildman–Crippen LogP) is 0.677. The van der Waals surface area contributed by atoms with Crippen molar-refractivity contribution in [2.75, 3.05) is 5.43 Å². The maximum absolute atomic E-state index is 11.0. The van der Waals surface area contributed by atoms with Crippen molar-refractivity contribution in [3.63, 3.8) is 0 Å². The number of rotatable bonds is 1. The van der Waals surface area contributed by atoms with Crippen molar-refractivity contribution < 1.29 is 4.73 Å². The lowest BCUT2D eigenvalue weighted by molar-refractivity contribution is -0.590. The molecule has 4 nitrogen and oxygen atoms in total. The fraction of sp³-hybridized carbons (Fsp3) is 0.167. The van der Waals surface area contributed by atoms with Crippen LogP contribution in [0.1, 0.15) is 5.56 Å². The molecular formula is C6H8BrN3O. The smallest absolute Gasteiger partial charge is 0.296 e. The van der Waals surface area contributed by atoms with E-state index >= 15 is 0 Å². The monoisotopic (exact) mass is 217 g/mol. The Bertz CT molecular complexity index is 277. The summed E-state index contributed by atoms with van der Waals surface area (Å²) in [7, 11) is 0. The zero-order chi connectivity index (χ0) is 8.43. The molecule has 0 aliphatic carbocycles. The number of nitrogens with zero attached hydrogens (tertiary/aromatic N) is 1. The number of hydrogen-bond acceptors (Lipinski definition) is 3. The minimum absolute atomic E-state index is 0.322. The van der Waals surface area contributed by atoms with Gasteiger partial charge in [-0.3, -0.25) is 0 Å². The Morgan fingerprint density at radius 2 is 2.36 bits per heavy atom. The lowest BCUT2D eigenvalue weighted by Gasteiger charge is -2.07. The first kappa shape index (κ1) is 8.29. The quantitative estimate of drug-likeness (QED) is 0.315. The van der Waals surface area contributed by atoms with Gasteiger partial charge in [0.1, 0.15) is 0 Å². The van der Waals surface area contributed by atoms with Crippen LogP contribution in [0.15, 0.2) is 16.7 Å². The minimum Gasteiger partial charge on any atom is -0.711 e. The first-order chi connectivity index (χ1) is 5.15. The van der Waals surface area contributed by atoms with Gasteiger partial charge in [-0.15, -0.1) is 0 Å². The molecule has 0 saturated carbocycles. The van der Waals surface area contributed by atoms with Gasteiger partial charge < -0.3 is 5.21 Å². The molecule has 1 heterocycles. The third-order valence-electron chi connectivity index (χ3n) is 1.34. The molecule has 0 bridgehead atoms. The molecule has 0 aromatic carbocycles. The molecular weight excluding hydrogens is 210 g/mol. The number of anilines is 1. The van der Waals surface area contributed by atoms with E-state index in [1.54, 1.807) is 6.07 Å². The van der Waals surface area contributed by atoms with E-state index < -0.39 is 0 Å². The van der Waals surface area contributed by atoms with Crippen molar-refractivity contribution in [3.8, 4) is 0 Å². The van der Waals surface area contributed by atoms with Crippen LogP contribution in [0.3, 0.4) is 0 Å². The number of nitrogens with two attached hydrogens (primary N) is 1. The van der Waals surface area contributed by atoms with E-state index in [4.69, 9.17) is 5.84 Å². The van der Waals surface area contributed by atoms with Crippen LogP contribution in [-0.2, 0) is 0 Å². The van der Waals surface area contributed by atoms with E-state index in [0.717, 1.165) is 10.0 Å². The number of hydrazine groups is 1. The van der Waals surface area contributed by atoms with Crippen molar-refractivity contribution in [1.29, 1.82) is 0 Å². The van der Waals surface area contributed by atoms with Gasteiger partial charge in [0.15, 0.2) is 0 Å². The molecule has 60 valence electrons. The van der Waals surface area contributed by atoms with Crippen LogP contribution in [-0.4, -0.2) is 0 Å². The largest absolute Gasteiger partial charge is 0.711 e. The van der Waals surface area contributed by atoms with Gasteiger partial charge >= 0.3 is 0 Å². The van der Waals surface area contributed by atoms with E-state index in [9.17, 15) is 5.21 Å². The average molecular weight is 218 g/mol. The van der Waals surface area contributed by atoms with Gasteiger partial charge in [-0.1, -0.05) is 15.9 Å². The lowest BCUT2D eigenvalue weighted by Crippen LogP contribution is -2.32. The van der Waals surface area contributed by atoms with Gasteiger partial charge in [0.25, 0.3) is 5.82 Å². The third-order valence-corrected chi connectivity index (χ3v) is 2.19. The van der Waals surface area contributed by atoms with Crippen LogP contribution in [0, 0.1) is 12.1 Å². The Kier molecular flexibility index (Phi) is 2.31. The minimum atomic E-state index is 0.322. The predicted molar refractivity (Wildman–Crippen MR) is 45.6 cm³/mol. The van der Waals surface area contributed by atoms with Crippen molar-refractivity contribution in [3.05, 3.63) is 27.5 Å². The van der Waals surface area contributed by atoms with E-state index in [2.05, 4.69) is 21.4 Å². The summed E-state index contributed by atoms with van der Waals surface area (Å²) in [6, 6.07) is 1.63. The van der Waals surface area contributed by atoms with Crippen LogP contribution in [0.2, 0.25) is 0 Å². The van der Waals surface area contributed by atoms with Crippen LogP contribution in [0.5, 0.6) is 0 Å². The van der Waals surface area contributed by atoms with Crippen LogP contribution >= 0.6 is 15.9 Å². The number of aryl methyl sites for hydroxylation is 1. The number of halogens is 1. The number of aromatic nitrogens is 1. The van der Waals surface area contributed by atoms with E-state index in [1.807, 2.05) is 6.92 Å². The van der Waals surface area contributed by atoms with E-state index in [1.165, 1.54) is 6.20 Å². The molecule has 0 radical (unpaired) electrons. The maximum Gasteiger partial charge on any atom is 0.296 e. The highest BCUT2D eigenvalue weighted by atomic mass is 79.9. The van der Waals surface area contributed by atoms with Gasteiger partial charge in [0.05, 0.1) is 6.20 Å². The Morgan fingerprint density at radius 3 is 2.91 bits per heavy atom. The summed E-state index contributed by atoms with van der Waals surface area (Å²) in [5, 5.41) is 11.0. The molecule has 0 atom stereocenters. The summed E-state index contributed by atoms with van der Waals surface area (Å²) in [5.41, 5.74) is 3.16. The molecule has 0 saturated heterocycles. The van der Waals surface area contributed by atoms with Gasteiger partial charge in [0, 0.05) is 16.1 Å². The Balaban J connectivity index is 3.21. The zero-order valence-corrected chi connectivity index (χ0v) is 7.55. The van der Waals surface area contributed by atoms with Crippen molar-refractivity contribution in [2.24, 2.45) is 5.84 Å². The highest BCUT2D eigenvalue weighted by molar-refractivity contribution is 9.10. The zero-order valence-electron chi connectivity index (χ0n) is 5.97. The normalized spacial score (nSPS) is 9.73. The fourth-order valence-electron chi connectivity index (χ4n) is 0.710. The fourth-order valence-corrected chi connectivity index (χ4v) is 1.03. The van der Waals surface area contributed by atoms with Crippen LogP contribution in [0.4, 0.5) is 5.82 Å². The highest BCUT2D eigenvalue weighted by Gasteiger charge is 2.03. The number of nitrogen functional groups attached to an aromatic ring is 1. The highest BCUT2D eigenvalue weighted by Crippen LogP contribution is 2.15. The number of pyridine rings is 1. The average Bonchev–Trinajstić information content (AvgIpc) is 1.97. The van der Waals surface area contributed by atoms with E-state index in [0.29, 0.717) is 10.5 Å². The Hall–Kier alpha value is -0.810. The molecule has 1 aromatic heterocycles. The van der Waals surface area contributed by atoms with Gasteiger partial charge in [-0.2, -0.15) is 11.3 Å². The lowest BCUT2D eigenvalue weighted by atomic mass is 10.3. The number of hydrogen-bond donors (Lipinski definition) is 2. The van der Waals surface area contributed by atoms with E-state index in [-0.39, 0.29) is 0 Å². The molecule has 0 aliphatic heterocycles. The molecule has 1 aromatic rings. The summed E-state index contributed by atoms with van der Waals surface area (Å²) in [6.07, 6.45) is 1.44. The summed E-state index contributed by atoms with van der Waals surface area (Å²) >= 11 is 3.27. The topological polar surface area (TPSA) is 65.0 Å². The Morgan fingerprint density at radius 1 is 1.73 bits per heavy atom. The second-order valence-corrected chi connectivity index (χ2v) is 3.01. The second kappa shape index (κ2) is 3.06. The molecule has 0 spiro atoms. The van der Waals surface area contributed by atoms with Crippen molar-refractivity contribution >= 4 is 21.7 Å². The molecule has 3 N–H and O–H groups in total. The van der Waals surface area contributed by atoms with Crippen LogP contribution in [0.25, 0.3) is 0 Å². The third kappa shape index (κ3) is 1.61. The van der Waals surface area contributed by atoms with Crippen molar-refractivity contribution in [1.82, 2.24) is 0 Å². The van der Waals surface area contributed by atoms with Gasteiger partial charge in [-0.25, -0.2) is 4.73 Å². The standard InChI is InChI=1S/C6H8BrN3O/c1-4-3-10(11)6(9-8)2-5(4)7/h2-3,9H,8H2,1H3. The maximum atomic E-state index is 11.0. The summed E-state index contributed by atoms with van der Waals surface area (Å²) in [6.45, 7) is 1.83. The molecule has 0 fully saturated rings. The molecule has 5 heteroatoms. The second-order valence-electron chi connectivity index (χ2n) is 2.16. The van der Waals surface area contributed by atoms with Gasteiger partial charge in [0.2, 0.25) is 0 Å². The number of nitrogens with one attached hydrogen (secondary N) is 1. The van der Waals surface area contributed by atoms with Crippen LogP contribution < -0.4 is 16.0 Å². The summed E-state index contributed by atoms with van der Waals surface area (Å²) in [4.78, 5) is 0. The molecule has 0 amide bonds. The first-order valence-electron chi connectivity index (χ1n) is 3.01. The Labute approximate surface area is 72.7 Å². The molecule has 1 rings (SSSR count). The van der Waals surface area contributed by atoms with Crippen molar-refractivity contribution in [2.45, 2.75) is 6.92 Å². The SMILES string of the molecule is Cc1c[n+]([O-])c(NN)cc1Br. The first-order valence-corrected chi connectivity index (χ1v) is 3.80. The summed E-state index contributed by atoms with van der Waals surface area (Å²) < 4.78 is 1.54. The molecule has 0 unspecified atom stereocenters. The summed E-state index contributed by atoms with van der Waals surface area (Å²) in [5.74, 6) is 5.40.